The van der Waals surface area contributed by atoms with Crippen LogP contribution in [0, 0.1) is 25.5 Å². The van der Waals surface area contributed by atoms with Gasteiger partial charge in [-0.2, -0.15) is 15.1 Å². The maximum absolute atomic E-state index is 14.7. The van der Waals surface area contributed by atoms with Crippen LogP contribution in [-0.2, 0) is 0 Å². The van der Waals surface area contributed by atoms with Gasteiger partial charge in [0.15, 0.2) is 23.2 Å². The second kappa shape index (κ2) is 6.51. The molecule has 0 saturated carbocycles. The van der Waals surface area contributed by atoms with Crippen molar-refractivity contribution in [3.63, 3.8) is 0 Å². The summed E-state index contributed by atoms with van der Waals surface area (Å²) < 4.78 is 34.3. The predicted molar refractivity (Wildman–Crippen MR) is 96.7 cm³/mol. The van der Waals surface area contributed by atoms with Gasteiger partial charge in [0.05, 0.1) is 5.52 Å². The van der Waals surface area contributed by atoms with Gasteiger partial charge in [0.25, 0.3) is 0 Å². The number of fused-ring (bicyclic) bond motifs is 1. The van der Waals surface area contributed by atoms with E-state index in [-0.39, 0.29) is 33.6 Å². The van der Waals surface area contributed by atoms with E-state index in [1.165, 1.54) is 12.1 Å². The number of aromatic amines is 2. The molecule has 3 N–H and O–H groups in total. The number of benzene rings is 1. The summed E-state index contributed by atoms with van der Waals surface area (Å²) in [7, 11) is 0. The zero-order chi connectivity index (χ0) is 19.1. The third-order valence-electron chi connectivity index (χ3n) is 3.74. The average molecular weight is 391 g/mol. The normalized spacial score (nSPS) is 11.1. The summed E-state index contributed by atoms with van der Waals surface area (Å²) in [6.07, 6.45) is 0. The highest BCUT2D eigenvalue weighted by Gasteiger charge is 2.17. The van der Waals surface area contributed by atoms with Crippen LogP contribution in [0.2, 0.25) is 5.15 Å². The Hall–Kier alpha value is -3.20. The van der Waals surface area contributed by atoms with Crippen molar-refractivity contribution in [3.8, 4) is 11.8 Å². The molecule has 0 spiro atoms. The third-order valence-corrected chi connectivity index (χ3v) is 3.93. The molecule has 0 aliphatic carbocycles. The fraction of sp³-hybridized carbons (Fsp3) is 0.118. The van der Waals surface area contributed by atoms with Crippen molar-refractivity contribution < 1.29 is 13.5 Å². The Morgan fingerprint density at radius 1 is 1.04 bits per heavy atom. The molecule has 10 heteroatoms. The van der Waals surface area contributed by atoms with Gasteiger partial charge < -0.3 is 15.0 Å². The smallest absolute Gasteiger partial charge is 0.325 e. The molecule has 0 atom stereocenters. The lowest BCUT2D eigenvalue weighted by molar-refractivity contribution is 0.411. The summed E-state index contributed by atoms with van der Waals surface area (Å²) in [5.74, 6) is -0.924. The van der Waals surface area contributed by atoms with Crippen molar-refractivity contribution in [3.05, 3.63) is 52.4 Å². The molecule has 0 aliphatic rings. The summed E-state index contributed by atoms with van der Waals surface area (Å²) in [4.78, 5) is 10.8. The van der Waals surface area contributed by atoms with Crippen LogP contribution in [0.25, 0.3) is 10.9 Å². The van der Waals surface area contributed by atoms with Crippen molar-refractivity contribution in [2.75, 3.05) is 5.32 Å². The van der Waals surface area contributed by atoms with Gasteiger partial charge in [-0.25, -0.2) is 8.78 Å². The summed E-state index contributed by atoms with van der Waals surface area (Å²) in [5.41, 5.74) is 1.54. The molecule has 0 amide bonds. The van der Waals surface area contributed by atoms with E-state index in [2.05, 4.69) is 30.5 Å². The highest BCUT2D eigenvalue weighted by molar-refractivity contribution is 6.29. The van der Waals surface area contributed by atoms with E-state index in [4.69, 9.17) is 16.3 Å². The molecule has 1 aromatic carbocycles. The van der Waals surface area contributed by atoms with Gasteiger partial charge in [-0.05, 0) is 19.9 Å². The average Bonchev–Trinajstić information content (AvgIpc) is 3.18. The van der Waals surface area contributed by atoms with E-state index in [1.54, 1.807) is 13.0 Å². The van der Waals surface area contributed by atoms with E-state index >= 15 is 0 Å². The first-order chi connectivity index (χ1) is 12.9. The Balaban J connectivity index is 1.68. The van der Waals surface area contributed by atoms with E-state index in [9.17, 15) is 8.78 Å². The molecule has 0 bridgehead atoms. The summed E-state index contributed by atoms with van der Waals surface area (Å²) in [6, 6.07) is 5.40. The Kier molecular flexibility index (Phi) is 4.15. The number of hydrogen-bond donors (Lipinski definition) is 3. The standard InChI is InChI=1S/C17H13ClF2N6O/c1-7-3-9-15(20)11(5-10(19)16(9)21-7)27-17-22-12(18)6-13(24-17)23-14-4-8(2)25-26-14/h3-6,21H,1-2H3,(H2,22,23,24,25,26). The van der Waals surface area contributed by atoms with Gasteiger partial charge in [0.1, 0.15) is 11.0 Å². The number of ether oxygens (including phenoxy) is 1. The van der Waals surface area contributed by atoms with Crippen LogP contribution < -0.4 is 10.1 Å². The maximum Gasteiger partial charge on any atom is 0.325 e. The Morgan fingerprint density at radius 3 is 2.59 bits per heavy atom. The number of nitrogens with one attached hydrogen (secondary N) is 3. The Labute approximate surface area is 156 Å². The second-order valence-corrected chi connectivity index (χ2v) is 6.32. The van der Waals surface area contributed by atoms with Gasteiger partial charge in [-0.3, -0.25) is 5.10 Å². The van der Waals surface area contributed by atoms with E-state index < -0.39 is 11.6 Å². The molecule has 4 aromatic rings. The van der Waals surface area contributed by atoms with Gasteiger partial charge in [0.2, 0.25) is 0 Å². The lowest BCUT2D eigenvalue weighted by Gasteiger charge is -2.09. The summed E-state index contributed by atoms with van der Waals surface area (Å²) in [6.45, 7) is 3.55. The molecule has 0 aliphatic heterocycles. The fourth-order valence-electron chi connectivity index (χ4n) is 2.63. The van der Waals surface area contributed by atoms with Crippen LogP contribution in [-0.4, -0.2) is 25.1 Å². The van der Waals surface area contributed by atoms with Crippen LogP contribution in [0.1, 0.15) is 11.4 Å². The van der Waals surface area contributed by atoms with Crippen LogP contribution in [0.3, 0.4) is 0 Å². The van der Waals surface area contributed by atoms with Gasteiger partial charge >= 0.3 is 6.01 Å². The zero-order valence-electron chi connectivity index (χ0n) is 14.2. The number of nitrogens with zero attached hydrogens (tertiary/aromatic N) is 3. The number of aromatic nitrogens is 5. The van der Waals surface area contributed by atoms with E-state index in [1.807, 2.05) is 6.92 Å². The maximum atomic E-state index is 14.7. The first kappa shape index (κ1) is 17.2. The van der Waals surface area contributed by atoms with Crippen molar-refractivity contribution in [2.24, 2.45) is 0 Å². The Bertz CT molecular complexity index is 1160. The minimum Gasteiger partial charge on any atom is -0.421 e. The van der Waals surface area contributed by atoms with Crippen molar-refractivity contribution in [2.45, 2.75) is 13.8 Å². The largest absolute Gasteiger partial charge is 0.421 e. The molecule has 0 saturated heterocycles. The van der Waals surface area contributed by atoms with Crippen LogP contribution in [0.15, 0.2) is 24.3 Å². The SMILES string of the molecule is Cc1cc(Nc2cc(Cl)nc(Oc3cc(F)c4[nH]c(C)cc4c3F)n2)n[nH]1. The zero-order valence-corrected chi connectivity index (χ0v) is 14.9. The molecule has 0 radical (unpaired) electrons. The first-order valence-electron chi connectivity index (χ1n) is 7.88. The molecule has 4 rings (SSSR count). The third kappa shape index (κ3) is 3.41. The van der Waals surface area contributed by atoms with Crippen molar-refractivity contribution in [1.82, 2.24) is 25.1 Å². The van der Waals surface area contributed by atoms with E-state index in [0.29, 0.717) is 11.5 Å². The monoisotopic (exact) mass is 390 g/mol. The van der Waals surface area contributed by atoms with Crippen LogP contribution in [0.4, 0.5) is 20.4 Å². The summed E-state index contributed by atoms with van der Waals surface area (Å²) in [5, 5.41) is 9.86. The first-order valence-corrected chi connectivity index (χ1v) is 8.25. The highest BCUT2D eigenvalue weighted by atomic mass is 35.5. The second-order valence-electron chi connectivity index (χ2n) is 5.93. The molecule has 0 unspecified atom stereocenters. The molecule has 7 nitrogen and oxygen atoms in total. The molecule has 0 fully saturated rings. The number of aryl methyl sites for hydroxylation is 2. The highest BCUT2D eigenvalue weighted by Crippen LogP contribution is 2.32. The molecular weight excluding hydrogens is 378 g/mol. The topological polar surface area (TPSA) is 91.5 Å². The summed E-state index contributed by atoms with van der Waals surface area (Å²) >= 11 is 5.98. The quantitative estimate of drug-likeness (QED) is 0.437. The van der Waals surface area contributed by atoms with Gasteiger partial charge in [-0.1, -0.05) is 11.6 Å². The van der Waals surface area contributed by atoms with Crippen molar-refractivity contribution in [1.29, 1.82) is 0 Å². The number of halogens is 3. The van der Waals surface area contributed by atoms with Crippen LogP contribution in [0.5, 0.6) is 11.8 Å². The Morgan fingerprint density at radius 2 is 1.85 bits per heavy atom. The predicted octanol–water partition coefficient (Wildman–Crippen LogP) is 4.77. The fourth-order valence-corrected chi connectivity index (χ4v) is 2.80. The van der Waals surface area contributed by atoms with E-state index in [0.717, 1.165) is 11.8 Å². The number of rotatable bonds is 4. The van der Waals surface area contributed by atoms with Gasteiger partial charge in [0, 0.05) is 35.0 Å². The lowest BCUT2D eigenvalue weighted by Crippen LogP contribution is -2.00. The number of hydrogen-bond acceptors (Lipinski definition) is 5. The molecule has 138 valence electrons. The molecule has 3 aromatic heterocycles. The van der Waals surface area contributed by atoms with Gasteiger partial charge in [-0.15, -0.1) is 0 Å². The van der Waals surface area contributed by atoms with Crippen LogP contribution >= 0.6 is 11.6 Å². The number of anilines is 2. The molecular formula is C17H13ClF2N6O. The lowest BCUT2D eigenvalue weighted by atomic mass is 10.2. The minimum atomic E-state index is -0.725. The molecule has 3 heterocycles. The molecule has 27 heavy (non-hydrogen) atoms. The minimum absolute atomic E-state index is 0.0641. The number of H-pyrrole nitrogens is 2. The van der Waals surface area contributed by atoms with Crippen molar-refractivity contribution >= 4 is 34.1 Å².